The van der Waals surface area contributed by atoms with E-state index < -0.39 is 17.1 Å². The maximum atomic E-state index is 16.1. The molecular formula is C24H21FO2. The molecule has 136 valence electrons. The van der Waals surface area contributed by atoms with E-state index in [1.165, 1.54) is 0 Å². The van der Waals surface area contributed by atoms with Gasteiger partial charge in [0, 0.05) is 6.42 Å². The Labute approximate surface area is 158 Å². The summed E-state index contributed by atoms with van der Waals surface area (Å²) in [5.74, 6) is -0.512. The molecule has 1 fully saturated rings. The van der Waals surface area contributed by atoms with Gasteiger partial charge in [-0.15, -0.1) is 0 Å². The van der Waals surface area contributed by atoms with E-state index in [9.17, 15) is 4.79 Å². The van der Waals surface area contributed by atoms with Gasteiger partial charge in [0.15, 0.2) is 5.67 Å². The molecule has 1 aliphatic rings. The van der Waals surface area contributed by atoms with Crippen LogP contribution in [0.4, 0.5) is 4.39 Å². The number of ether oxygens (including phenoxy) is 1. The Balaban J connectivity index is 1.68. The Hall–Kier alpha value is -2.94. The first-order chi connectivity index (χ1) is 13.1. The first-order valence-corrected chi connectivity index (χ1v) is 9.09. The third-order valence-corrected chi connectivity index (χ3v) is 5.36. The molecule has 1 saturated carbocycles. The quantitative estimate of drug-likeness (QED) is 0.581. The summed E-state index contributed by atoms with van der Waals surface area (Å²) in [7, 11) is 0. The van der Waals surface area contributed by atoms with Crippen LogP contribution in [0, 0.1) is 6.92 Å². The lowest BCUT2D eigenvalue weighted by Gasteiger charge is -2.20. The molecule has 0 aliphatic heterocycles. The molecule has 2 nitrogen and oxygen atoms in total. The Morgan fingerprint density at radius 3 is 2.22 bits per heavy atom. The SMILES string of the molecule is Cc1cccc([C@]2(F)C[C@]2(C(=O)OCc2ccccc2)c2ccccc2)c1. The van der Waals surface area contributed by atoms with Crippen LogP contribution in [-0.4, -0.2) is 5.97 Å². The molecule has 3 aromatic carbocycles. The summed E-state index contributed by atoms with van der Waals surface area (Å²) >= 11 is 0. The highest BCUT2D eigenvalue weighted by Crippen LogP contribution is 2.67. The van der Waals surface area contributed by atoms with Gasteiger partial charge in [-0.25, -0.2) is 4.39 Å². The predicted molar refractivity (Wildman–Crippen MR) is 103 cm³/mol. The van der Waals surface area contributed by atoms with Crippen molar-refractivity contribution in [3.63, 3.8) is 0 Å². The molecule has 4 rings (SSSR count). The van der Waals surface area contributed by atoms with Gasteiger partial charge in [0.2, 0.25) is 0 Å². The number of benzene rings is 3. The maximum absolute atomic E-state index is 16.1. The van der Waals surface area contributed by atoms with Crippen LogP contribution in [0.2, 0.25) is 0 Å². The van der Waals surface area contributed by atoms with Crippen LogP contribution in [-0.2, 0) is 27.2 Å². The minimum absolute atomic E-state index is 0.0983. The molecule has 0 amide bonds. The standard InChI is InChI=1S/C24H21FO2/c1-18-9-8-14-21(15-18)24(25)17-23(24,20-12-6-3-7-13-20)22(26)27-16-19-10-4-2-5-11-19/h2-15H,16-17H2,1H3/t23-,24-/m1/s1. The van der Waals surface area contributed by atoms with Gasteiger partial charge >= 0.3 is 5.97 Å². The lowest BCUT2D eigenvalue weighted by Crippen LogP contribution is -2.30. The Kier molecular flexibility index (Phi) is 4.31. The van der Waals surface area contributed by atoms with Crippen LogP contribution in [0.5, 0.6) is 0 Å². The average Bonchev–Trinajstić information content (AvgIpc) is 3.36. The van der Waals surface area contributed by atoms with Crippen molar-refractivity contribution in [3.05, 3.63) is 107 Å². The van der Waals surface area contributed by atoms with Crippen molar-refractivity contribution < 1.29 is 13.9 Å². The van der Waals surface area contributed by atoms with Crippen molar-refractivity contribution in [2.75, 3.05) is 0 Å². The highest BCUT2D eigenvalue weighted by molar-refractivity contribution is 5.90. The molecule has 1 aliphatic carbocycles. The monoisotopic (exact) mass is 360 g/mol. The van der Waals surface area contributed by atoms with E-state index in [-0.39, 0.29) is 13.0 Å². The topological polar surface area (TPSA) is 26.3 Å². The van der Waals surface area contributed by atoms with Crippen molar-refractivity contribution in [3.8, 4) is 0 Å². The Morgan fingerprint density at radius 2 is 1.56 bits per heavy atom. The van der Waals surface area contributed by atoms with Crippen LogP contribution in [0.3, 0.4) is 0 Å². The summed E-state index contributed by atoms with van der Waals surface area (Å²) in [5, 5.41) is 0. The molecule has 3 aromatic rings. The molecule has 27 heavy (non-hydrogen) atoms. The van der Waals surface area contributed by atoms with Crippen molar-refractivity contribution in [1.82, 2.24) is 0 Å². The number of halogens is 1. The number of hydrogen-bond donors (Lipinski definition) is 0. The number of aryl methyl sites for hydroxylation is 1. The molecule has 0 saturated heterocycles. The largest absolute Gasteiger partial charge is 0.460 e. The number of rotatable bonds is 5. The van der Waals surface area contributed by atoms with Gasteiger partial charge in [-0.05, 0) is 23.6 Å². The van der Waals surface area contributed by atoms with Crippen LogP contribution in [0.25, 0.3) is 0 Å². The summed E-state index contributed by atoms with van der Waals surface area (Å²) in [4.78, 5) is 13.1. The molecule has 2 atom stereocenters. The second kappa shape index (κ2) is 6.66. The van der Waals surface area contributed by atoms with Crippen LogP contribution >= 0.6 is 0 Å². The molecule has 0 heterocycles. The Bertz CT molecular complexity index is 954. The van der Waals surface area contributed by atoms with E-state index in [0.717, 1.165) is 11.1 Å². The van der Waals surface area contributed by atoms with Gasteiger partial charge in [-0.3, -0.25) is 4.79 Å². The summed E-state index contributed by atoms with van der Waals surface area (Å²) in [5.41, 5.74) is -0.00817. The number of carbonyl (C=O) groups excluding carboxylic acids is 1. The van der Waals surface area contributed by atoms with Gasteiger partial charge in [0.05, 0.1) is 0 Å². The van der Waals surface area contributed by atoms with E-state index in [4.69, 9.17) is 4.74 Å². The van der Waals surface area contributed by atoms with Crippen LogP contribution in [0.15, 0.2) is 84.9 Å². The fourth-order valence-corrected chi connectivity index (χ4v) is 3.81. The van der Waals surface area contributed by atoms with Gasteiger partial charge in [0.1, 0.15) is 12.0 Å². The maximum Gasteiger partial charge on any atom is 0.320 e. The molecule has 0 spiro atoms. The second-order valence-corrected chi connectivity index (χ2v) is 7.18. The zero-order valence-electron chi connectivity index (χ0n) is 15.2. The highest BCUT2D eigenvalue weighted by Gasteiger charge is 2.76. The van der Waals surface area contributed by atoms with E-state index >= 15 is 4.39 Å². The van der Waals surface area contributed by atoms with E-state index in [2.05, 4.69) is 0 Å². The summed E-state index contributed by atoms with van der Waals surface area (Å²) < 4.78 is 21.7. The minimum Gasteiger partial charge on any atom is -0.460 e. The lowest BCUT2D eigenvalue weighted by atomic mass is 9.89. The third kappa shape index (κ3) is 2.93. The van der Waals surface area contributed by atoms with Gasteiger partial charge in [-0.1, -0.05) is 90.5 Å². The third-order valence-electron chi connectivity index (χ3n) is 5.36. The first-order valence-electron chi connectivity index (χ1n) is 9.09. The minimum atomic E-state index is -1.76. The summed E-state index contributed by atoms with van der Waals surface area (Å²) in [6.45, 7) is 2.06. The van der Waals surface area contributed by atoms with E-state index in [1.807, 2.05) is 73.7 Å². The van der Waals surface area contributed by atoms with E-state index in [0.29, 0.717) is 11.1 Å². The summed E-state index contributed by atoms with van der Waals surface area (Å²) in [6, 6.07) is 25.9. The molecule has 0 aromatic heterocycles. The molecule has 3 heteroatoms. The van der Waals surface area contributed by atoms with E-state index in [1.54, 1.807) is 18.2 Å². The summed E-state index contributed by atoms with van der Waals surface area (Å²) in [6.07, 6.45) is 0.0983. The highest BCUT2D eigenvalue weighted by atomic mass is 19.1. The molecule has 0 bridgehead atoms. The molecule has 0 N–H and O–H groups in total. The van der Waals surface area contributed by atoms with Crippen LogP contribution < -0.4 is 0 Å². The number of alkyl halides is 1. The first kappa shape index (κ1) is 17.5. The fraction of sp³-hybridized carbons (Fsp3) is 0.208. The van der Waals surface area contributed by atoms with Crippen molar-refractivity contribution in [2.45, 2.75) is 31.0 Å². The second-order valence-electron chi connectivity index (χ2n) is 7.18. The Morgan fingerprint density at radius 1 is 0.926 bits per heavy atom. The zero-order chi connectivity index (χ0) is 18.9. The van der Waals surface area contributed by atoms with Crippen molar-refractivity contribution in [2.24, 2.45) is 0 Å². The van der Waals surface area contributed by atoms with Gasteiger partial charge in [0.25, 0.3) is 0 Å². The van der Waals surface area contributed by atoms with Gasteiger partial charge in [-0.2, -0.15) is 0 Å². The number of esters is 1. The van der Waals surface area contributed by atoms with Crippen molar-refractivity contribution >= 4 is 5.97 Å². The molecule has 0 unspecified atom stereocenters. The van der Waals surface area contributed by atoms with Gasteiger partial charge < -0.3 is 4.74 Å². The number of carbonyl (C=O) groups is 1. The smallest absolute Gasteiger partial charge is 0.320 e. The fourth-order valence-electron chi connectivity index (χ4n) is 3.81. The zero-order valence-corrected chi connectivity index (χ0v) is 15.2. The molecular weight excluding hydrogens is 339 g/mol. The number of hydrogen-bond acceptors (Lipinski definition) is 2. The average molecular weight is 360 g/mol. The van der Waals surface area contributed by atoms with Crippen molar-refractivity contribution in [1.29, 1.82) is 0 Å². The lowest BCUT2D eigenvalue weighted by molar-refractivity contribution is -0.149. The normalized spacial score (nSPS) is 23.6. The molecule has 0 radical (unpaired) electrons. The predicted octanol–water partition coefficient (Wildman–Crippen LogP) is 5.24. The van der Waals surface area contributed by atoms with Crippen LogP contribution in [0.1, 0.15) is 28.7 Å².